The standard InChI is InChI=1S/C15H23N3O2/c1-18(11-12-6-5-9-16-10-12)15(19)17-13-7-3-4-8-14(13)20-2/h3-4,7-8,12,16H,5-6,9-11H2,1-2H3,(H,17,19). The average molecular weight is 277 g/mol. The Morgan fingerprint density at radius 1 is 1.50 bits per heavy atom. The highest BCUT2D eigenvalue weighted by molar-refractivity contribution is 5.90. The molecule has 2 N–H and O–H groups in total. The van der Waals surface area contributed by atoms with Gasteiger partial charge in [0.25, 0.3) is 0 Å². The lowest BCUT2D eigenvalue weighted by molar-refractivity contribution is 0.207. The number of anilines is 1. The predicted octanol–water partition coefficient (Wildman–Crippen LogP) is 2.16. The number of nitrogens with one attached hydrogen (secondary N) is 2. The number of piperidine rings is 1. The molecular formula is C15H23N3O2. The summed E-state index contributed by atoms with van der Waals surface area (Å²) < 4.78 is 5.23. The molecule has 2 amide bonds. The first-order valence-electron chi connectivity index (χ1n) is 7.06. The van der Waals surface area contributed by atoms with Crippen LogP contribution >= 0.6 is 0 Å². The number of para-hydroxylation sites is 2. The second-order valence-corrected chi connectivity index (χ2v) is 5.22. The Balaban J connectivity index is 1.90. The van der Waals surface area contributed by atoms with Crippen LogP contribution in [0.1, 0.15) is 12.8 Å². The van der Waals surface area contributed by atoms with Crippen LogP contribution in [0.4, 0.5) is 10.5 Å². The van der Waals surface area contributed by atoms with E-state index in [4.69, 9.17) is 4.74 Å². The van der Waals surface area contributed by atoms with E-state index in [-0.39, 0.29) is 6.03 Å². The maximum Gasteiger partial charge on any atom is 0.321 e. The molecule has 2 rings (SSSR count). The van der Waals surface area contributed by atoms with Crippen molar-refractivity contribution in [3.8, 4) is 5.75 Å². The van der Waals surface area contributed by atoms with E-state index >= 15 is 0 Å². The number of amides is 2. The van der Waals surface area contributed by atoms with Crippen molar-refractivity contribution in [1.29, 1.82) is 0 Å². The molecule has 0 aromatic heterocycles. The van der Waals surface area contributed by atoms with Crippen LogP contribution in [-0.2, 0) is 0 Å². The lowest BCUT2D eigenvalue weighted by Crippen LogP contribution is -2.40. The normalized spacial score (nSPS) is 18.4. The van der Waals surface area contributed by atoms with Crippen molar-refractivity contribution >= 4 is 11.7 Å². The van der Waals surface area contributed by atoms with Gasteiger partial charge in [0.05, 0.1) is 12.8 Å². The molecule has 0 spiro atoms. The minimum atomic E-state index is -0.0972. The number of nitrogens with zero attached hydrogens (tertiary/aromatic N) is 1. The predicted molar refractivity (Wildman–Crippen MR) is 80.2 cm³/mol. The molecule has 0 radical (unpaired) electrons. The van der Waals surface area contributed by atoms with Crippen LogP contribution in [0.5, 0.6) is 5.75 Å². The van der Waals surface area contributed by atoms with Gasteiger partial charge in [-0.15, -0.1) is 0 Å². The fourth-order valence-corrected chi connectivity index (χ4v) is 2.51. The molecule has 1 saturated heterocycles. The van der Waals surface area contributed by atoms with Crippen LogP contribution < -0.4 is 15.4 Å². The summed E-state index contributed by atoms with van der Waals surface area (Å²) in [6.45, 7) is 2.86. The number of carbonyl (C=O) groups excluding carboxylic acids is 1. The number of hydrogen-bond donors (Lipinski definition) is 2. The minimum Gasteiger partial charge on any atom is -0.495 e. The van der Waals surface area contributed by atoms with Gasteiger partial charge >= 0.3 is 6.03 Å². The van der Waals surface area contributed by atoms with E-state index in [0.29, 0.717) is 17.4 Å². The zero-order valence-electron chi connectivity index (χ0n) is 12.2. The van der Waals surface area contributed by atoms with E-state index in [2.05, 4.69) is 10.6 Å². The highest BCUT2D eigenvalue weighted by atomic mass is 16.5. The van der Waals surface area contributed by atoms with E-state index < -0.39 is 0 Å². The molecule has 0 saturated carbocycles. The molecule has 1 heterocycles. The molecule has 1 aromatic carbocycles. The number of hydrogen-bond acceptors (Lipinski definition) is 3. The Bertz CT molecular complexity index is 444. The lowest BCUT2D eigenvalue weighted by atomic mass is 9.99. The van der Waals surface area contributed by atoms with Crippen molar-refractivity contribution in [1.82, 2.24) is 10.2 Å². The smallest absolute Gasteiger partial charge is 0.321 e. The largest absolute Gasteiger partial charge is 0.495 e. The van der Waals surface area contributed by atoms with Crippen molar-refractivity contribution in [3.63, 3.8) is 0 Å². The van der Waals surface area contributed by atoms with E-state index in [9.17, 15) is 4.79 Å². The van der Waals surface area contributed by atoms with Gasteiger partial charge in [0, 0.05) is 13.6 Å². The van der Waals surface area contributed by atoms with Crippen molar-refractivity contribution in [2.75, 3.05) is 39.1 Å². The number of methoxy groups -OCH3 is 1. The quantitative estimate of drug-likeness (QED) is 0.886. The first kappa shape index (κ1) is 14.7. The molecule has 5 heteroatoms. The fraction of sp³-hybridized carbons (Fsp3) is 0.533. The van der Waals surface area contributed by atoms with Gasteiger partial charge in [-0.2, -0.15) is 0 Å². The first-order valence-corrected chi connectivity index (χ1v) is 7.06. The van der Waals surface area contributed by atoms with Gasteiger partial charge in [0.2, 0.25) is 0 Å². The molecule has 1 aliphatic heterocycles. The Morgan fingerprint density at radius 3 is 3.00 bits per heavy atom. The number of ether oxygens (including phenoxy) is 1. The summed E-state index contributed by atoms with van der Waals surface area (Å²) in [7, 11) is 3.43. The van der Waals surface area contributed by atoms with Crippen molar-refractivity contribution < 1.29 is 9.53 Å². The summed E-state index contributed by atoms with van der Waals surface area (Å²) in [5, 5.41) is 6.26. The number of rotatable bonds is 4. The number of benzene rings is 1. The Kier molecular flexibility index (Phi) is 5.24. The Labute approximate surface area is 120 Å². The van der Waals surface area contributed by atoms with Crippen LogP contribution in [0.2, 0.25) is 0 Å². The molecule has 1 fully saturated rings. The third kappa shape index (κ3) is 3.87. The maximum atomic E-state index is 12.2. The van der Waals surface area contributed by atoms with Crippen LogP contribution in [0.25, 0.3) is 0 Å². The summed E-state index contributed by atoms with van der Waals surface area (Å²) in [6.07, 6.45) is 2.37. The fourth-order valence-electron chi connectivity index (χ4n) is 2.51. The molecule has 1 aliphatic rings. The highest BCUT2D eigenvalue weighted by Crippen LogP contribution is 2.23. The molecule has 20 heavy (non-hydrogen) atoms. The summed E-state index contributed by atoms with van der Waals surface area (Å²) in [4.78, 5) is 13.9. The zero-order valence-corrected chi connectivity index (χ0v) is 12.2. The molecule has 110 valence electrons. The third-order valence-corrected chi connectivity index (χ3v) is 3.63. The third-order valence-electron chi connectivity index (χ3n) is 3.63. The van der Waals surface area contributed by atoms with Gasteiger partial charge in [-0.25, -0.2) is 4.79 Å². The van der Waals surface area contributed by atoms with Crippen molar-refractivity contribution in [3.05, 3.63) is 24.3 Å². The number of urea groups is 1. The summed E-state index contributed by atoms with van der Waals surface area (Å²) in [5.74, 6) is 1.21. The van der Waals surface area contributed by atoms with Gasteiger partial charge in [0.1, 0.15) is 5.75 Å². The average Bonchev–Trinajstić information content (AvgIpc) is 2.48. The maximum absolute atomic E-state index is 12.2. The lowest BCUT2D eigenvalue weighted by Gasteiger charge is -2.27. The van der Waals surface area contributed by atoms with E-state index in [1.807, 2.05) is 31.3 Å². The summed E-state index contributed by atoms with van der Waals surface area (Å²) >= 11 is 0. The number of carbonyl (C=O) groups is 1. The molecule has 0 aliphatic carbocycles. The van der Waals surface area contributed by atoms with E-state index in [0.717, 1.165) is 19.6 Å². The van der Waals surface area contributed by atoms with Gasteiger partial charge in [0.15, 0.2) is 0 Å². The highest BCUT2D eigenvalue weighted by Gasteiger charge is 2.18. The van der Waals surface area contributed by atoms with Crippen molar-refractivity contribution in [2.24, 2.45) is 5.92 Å². The second kappa shape index (κ2) is 7.14. The van der Waals surface area contributed by atoms with Gasteiger partial charge in [-0.1, -0.05) is 12.1 Å². The Morgan fingerprint density at radius 2 is 2.30 bits per heavy atom. The van der Waals surface area contributed by atoms with Gasteiger partial charge in [-0.05, 0) is 44.0 Å². The molecule has 1 atom stereocenters. The molecule has 1 aromatic rings. The van der Waals surface area contributed by atoms with Crippen LogP contribution in [0.15, 0.2) is 24.3 Å². The Hall–Kier alpha value is -1.75. The van der Waals surface area contributed by atoms with E-state index in [1.54, 1.807) is 12.0 Å². The van der Waals surface area contributed by atoms with Crippen molar-refractivity contribution in [2.45, 2.75) is 12.8 Å². The first-order chi connectivity index (χ1) is 9.70. The van der Waals surface area contributed by atoms with Gasteiger partial charge < -0.3 is 20.3 Å². The molecule has 0 bridgehead atoms. The van der Waals surface area contributed by atoms with Crippen LogP contribution in [0.3, 0.4) is 0 Å². The van der Waals surface area contributed by atoms with Crippen LogP contribution in [0, 0.1) is 5.92 Å². The van der Waals surface area contributed by atoms with E-state index in [1.165, 1.54) is 12.8 Å². The molecule has 1 unspecified atom stereocenters. The summed E-state index contributed by atoms with van der Waals surface area (Å²) in [5.41, 5.74) is 0.702. The topological polar surface area (TPSA) is 53.6 Å². The summed E-state index contributed by atoms with van der Waals surface area (Å²) in [6, 6.07) is 7.34. The monoisotopic (exact) mass is 277 g/mol. The minimum absolute atomic E-state index is 0.0972. The van der Waals surface area contributed by atoms with Gasteiger partial charge in [-0.3, -0.25) is 0 Å². The molecular weight excluding hydrogens is 254 g/mol. The molecule has 5 nitrogen and oxygen atoms in total. The zero-order chi connectivity index (χ0) is 14.4. The SMILES string of the molecule is COc1ccccc1NC(=O)N(C)CC1CCCNC1. The van der Waals surface area contributed by atoms with Crippen LogP contribution in [-0.4, -0.2) is 44.7 Å². The second-order valence-electron chi connectivity index (χ2n) is 5.22.